The van der Waals surface area contributed by atoms with Crippen LogP contribution in [0.25, 0.3) is 0 Å². The van der Waals surface area contributed by atoms with E-state index in [9.17, 15) is 9.59 Å². The number of aromatic nitrogens is 2. The van der Waals surface area contributed by atoms with E-state index in [0.29, 0.717) is 17.8 Å². The summed E-state index contributed by atoms with van der Waals surface area (Å²) >= 11 is 3.31. The number of aryl methyl sites for hydroxylation is 1. The number of ketones is 1. The second-order valence-electron chi connectivity index (χ2n) is 6.83. The summed E-state index contributed by atoms with van der Waals surface area (Å²) in [6, 6.07) is 6.17. The number of aromatic amines is 2. The molecule has 5 nitrogen and oxygen atoms in total. The first kappa shape index (κ1) is 15.8. The highest BCUT2D eigenvalue weighted by molar-refractivity contribution is 7.10. The number of hydrogen-bond acceptors (Lipinski definition) is 5. The third-order valence-corrected chi connectivity index (χ3v) is 7.40. The van der Waals surface area contributed by atoms with Gasteiger partial charge in [-0.15, -0.1) is 22.7 Å². The quantitative estimate of drug-likeness (QED) is 0.624. The standard InChI is InChI=1S/C19H17N3O2S2/c1-9-4-6-26-17(9)15-14-11(20-18-16(15)19(24)22-21-18)7-10(8-12(14)23)13-3-2-5-25-13/h2-6,10,15H,7-8H2,1H3,(H3,20,21,22,24). The van der Waals surface area contributed by atoms with Crippen LogP contribution in [0.15, 0.2) is 45.0 Å². The van der Waals surface area contributed by atoms with Gasteiger partial charge in [-0.05, 0) is 41.8 Å². The Morgan fingerprint density at radius 2 is 1.96 bits per heavy atom. The molecule has 132 valence electrons. The van der Waals surface area contributed by atoms with Gasteiger partial charge in [0.2, 0.25) is 0 Å². The van der Waals surface area contributed by atoms with Gasteiger partial charge in [0.15, 0.2) is 5.78 Å². The summed E-state index contributed by atoms with van der Waals surface area (Å²) in [6.07, 6.45) is 1.29. The number of fused-ring (bicyclic) bond motifs is 1. The van der Waals surface area contributed by atoms with Gasteiger partial charge in [0.1, 0.15) is 5.82 Å². The van der Waals surface area contributed by atoms with Crippen LogP contribution in [-0.4, -0.2) is 16.0 Å². The van der Waals surface area contributed by atoms with Crippen LogP contribution in [0, 0.1) is 6.92 Å². The van der Waals surface area contributed by atoms with E-state index in [0.717, 1.165) is 28.1 Å². The van der Waals surface area contributed by atoms with Crippen molar-refractivity contribution in [2.24, 2.45) is 0 Å². The fourth-order valence-electron chi connectivity index (χ4n) is 4.09. The van der Waals surface area contributed by atoms with E-state index < -0.39 is 0 Å². The Hall–Kier alpha value is -2.38. The third-order valence-electron chi connectivity index (χ3n) is 5.29. The van der Waals surface area contributed by atoms with Crippen molar-refractivity contribution in [1.82, 2.24) is 10.2 Å². The number of nitrogens with one attached hydrogen (secondary N) is 3. The van der Waals surface area contributed by atoms with Crippen LogP contribution in [0.4, 0.5) is 5.82 Å². The lowest BCUT2D eigenvalue weighted by Gasteiger charge is -2.34. The summed E-state index contributed by atoms with van der Waals surface area (Å²) in [7, 11) is 0. The first-order valence-corrected chi connectivity index (χ1v) is 10.3. The van der Waals surface area contributed by atoms with E-state index >= 15 is 0 Å². The van der Waals surface area contributed by atoms with Crippen LogP contribution in [-0.2, 0) is 4.79 Å². The van der Waals surface area contributed by atoms with Crippen molar-refractivity contribution >= 4 is 34.3 Å². The van der Waals surface area contributed by atoms with Crippen LogP contribution >= 0.6 is 22.7 Å². The van der Waals surface area contributed by atoms with Gasteiger partial charge < -0.3 is 5.32 Å². The Bertz CT molecular complexity index is 1080. The number of rotatable bonds is 2. The molecule has 0 amide bonds. The smallest absolute Gasteiger partial charge is 0.270 e. The summed E-state index contributed by atoms with van der Waals surface area (Å²) in [5.41, 5.74) is 3.29. The summed E-state index contributed by atoms with van der Waals surface area (Å²) in [6.45, 7) is 2.04. The maximum absolute atomic E-state index is 13.2. The van der Waals surface area contributed by atoms with Gasteiger partial charge in [0.05, 0.1) is 11.5 Å². The van der Waals surface area contributed by atoms with Gasteiger partial charge in [-0.2, -0.15) is 0 Å². The normalized spacial score (nSPS) is 22.1. The van der Waals surface area contributed by atoms with Crippen molar-refractivity contribution in [1.29, 1.82) is 0 Å². The fraction of sp³-hybridized carbons (Fsp3) is 0.263. The first-order valence-electron chi connectivity index (χ1n) is 8.54. The molecule has 0 bridgehead atoms. The highest BCUT2D eigenvalue weighted by atomic mass is 32.1. The Balaban J connectivity index is 1.67. The van der Waals surface area contributed by atoms with Crippen molar-refractivity contribution in [3.05, 3.63) is 71.5 Å². The molecular weight excluding hydrogens is 366 g/mol. The number of thiophene rings is 2. The van der Waals surface area contributed by atoms with Crippen LogP contribution < -0.4 is 10.9 Å². The molecule has 5 rings (SSSR count). The van der Waals surface area contributed by atoms with Gasteiger partial charge in [-0.1, -0.05) is 6.07 Å². The maximum Gasteiger partial charge on any atom is 0.270 e. The van der Waals surface area contributed by atoms with Crippen molar-refractivity contribution in [2.45, 2.75) is 31.6 Å². The molecule has 1 aliphatic heterocycles. The Kier molecular flexibility index (Phi) is 3.55. The third kappa shape index (κ3) is 2.27. The minimum Gasteiger partial charge on any atom is -0.343 e. The molecule has 0 radical (unpaired) electrons. The van der Waals surface area contributed by atoms with Crippen molar-refractivity contribution in [3.8, 4) is 0 Å². The van der Waals surface area contributed by atoms with Gasteiger partial charge in [-0.25, -0.2) is 0 Å². The lowest BCUT2D eigenvalue weighted by Crippen LogP contribution is -2.31. The molecule has 0 aromatic carbocycles. The predicted octanol–water partition coefficient (Wildman–Crippen LogP) is 4.09. The molecule has 3 aromatic heterocycles. The van der Waals surface area contributed by atoms with E-state index in [4.69, 9.17) is 0 Å². The Morgan fingerprint density at radius 1 is 1.08 bits per heavy atom. The SMILES string of the molecule is Cc1ccsc1C1C2=C(CC(c3cccs3)CC2=O)Nc2[nH][nH]c(=O)c21. The molecule has 3 N–H and O–H groups in total. The average molecular weight is 383 g/mol. The Labute approximate surface area is 157 Å². The zero-order chi connectivity index (χ0) is 17.8. The van der Waals surface area contributed by atoms with E-state index in [2.05, 4.69) is 27.0 Å². The summed E-state index contributed by atoms with van der Waals surface area (Å²) in [4.78, 5) is 28.0. The molecule has 0 saturated carbocycles. The summed E-state index contributed by atoms with van der Waals surface area (Å²) < 4.78 is 0. The van der Waals surface area contributed by atoms with Crippen LogP contribution in [0.5, 0.6) is 0 Å². The summed E-state index contributed by atoms with van der Waals surface area (Å²) in [5, 5.41) is 13.0. The molecule has 2 atom stereocenters. The highest BCUT2D eigenvalue weighted by Crippen LogP contribution is 2.48. The Morgan fingerprint density at radius 3 is 2.69 bits per heavy atom. The van der Waals surface area contributed by atoms with Crippen molar-refractivity contribution < 1.29 is 4.79 Å². The van der Waals surface area contributed by atoms with E-state index in [-0.39, 0.29) is 23.2 Å². The van der Waals surface area contributed by atoms with Crippen LogP contribution in [0.1, 0.15) is 45.6 Å². The first-order chi connectivity index (χ1) is 12.6. The molecule has 0 fully saturated rings. The second kappa shape index (κ2) is 5.82. The zero-order valence-corrected chi connectivity index (χ0v) is 15.7. The number of carbonyl (C=O) groups is 1. The van der Waals surface area contributed by atoms with E-state index in [1.54, 1.807) is 22.7 Å². The lowest BCUT2D eigenvalue weighted by atomic mass is 9.75. The van der Waals surface area contributed by atoms with Crippen molar-refractivity contribution in [2.75, 3.05) is 5.32 Å². The van der Waals surface area contributed by atoms with Gasteiger partial charge in [0.25, 0.3) is 5.56 Å². The monoisotopic (exact) mass is 383 g/mol. The number of H-pyrrole nitrogens is 2. The molecule has 2 unspecified atom stereocenters. The van der Waals surface area contributed by atoms with Crippen LogP contribution in [0.3, 0.4) is 0 Å². The number of carbonyl (C=O) groups excluding carboxylic acids is 1. The molecule has 2 aliphatic rings. The van der Waals surface area contributed by atoms with E-state index in [1.807, 2.05) is 24.4 Å². The molecule has 0 saturated heterocycles. The highest BCUT2D eigenvalue weighted by Gasteiger charge is 2.41. The second-order valence-corrected chi connectivity index (χ2v) is 8.76. The zero-order valence-electron chi connectivity index (χ0n) is 14.1. The topological polar surface area (TPSA) is 77.8 Å². The fourth-order valence-corrected chi connectivity index (χ4v) is 5.96. The average Bonchev–Trinajstić information content (AvgIpc) is 3.35. The molecule has 26 heavy (non-hydrogen) atoms. The van der Waals surface area contributed by atoms with Gasteiger partial charge in [0, 0.05) is 33.4 Å². The number of Topliss-reactive ketones (excluding diaryl/α,β-unsaturated/α-hetero) is 1. The minimum absolute atomic E-state index is 0.140. The molecule has 0 spiro atoms. The van der Waals surface area contributed by atoms with E-state index in [1.165, 1.54) is 4.88 Å². The molecule has 4 heterocycles. The van der Waals surface area contributed by atoms with Gasteiger partial charge in [-0.3, -0.25) is 19.8 Å². The summed E-state index contributed by atoms with van der Waals surface area (Å²) in [5.74, 6) is 0.742. The number of allylic oxidation sites excluding steroid dienone is 2. The largest absolute Gasteiger partial charge is 0.343 e. The minimum atomic E-state index is -0.284. The lowest BCUT2D eigenvalue weighted by molar-refractivity contribution is -0.116. The van der Waals surface area contributed by atoms with Crippen molar-refractivity contribution in [3.63, 3.8) is 0 Å². The predicted molar refractivity (Wildman–Crippen MR) is 104 cm³/mol. The number of anilines is 1. The maximum atomic E-state index is 13.2. The number of hydrogen-bond donors (Lipinski definition) is 3. The van der Waals surface area contributed by atoms with Gasteiger partial charge >= 0.3 is 0 Å². The molecule has 3 aromatic rings. The molecule has 1 aliphatic carbocycles. The molecule has 7 heteroatoms. The molecular formula is C19H17N3O2S2. The van der Waals surface area contributed by atoms with Crippen LogP contribution in [0.2, 0.25) is 0 Å².